The van der Waals surface area contributed by atoms with Gasteiger partial charge in [0.25, 0.3) is 5.91 Å². The molecule has 0 aliphatic carbocycles. The van der Waals surface area contributed by atoms with E-state index in [9.17, 15) is 9.18 Å². The second-order valence-corrected chi connectivity index (χ2v) is 7.28. The highest BCUT2D eigenvalue weighted by atomic mass is 19.1. The Morgan fingerprint density at radius 2 is 1.78 bits per heavy atom. The molecule has 3 aromatic rings. The van der Waals surface area contributed by atoms with Crippen molar-refractivity contribution in [3.63, 3.8) is 0 Å². The first-order valence-corrected chi connectivity index (χ1v) is 10.1. The molecular formula is C23H26FN3O5. The van der Waals surface area contributed by atoms with Crippen LogP contribution in [-0.4, -0.2) is 54.9 Å². The summed E-state index contributed by atoms with van der Waals surface area (Å²) < 4.78 is 35.0. The lowest BCUT2D eigenvalue weighted by molar-refractivity contribution is 0.0703. The van der Waals surface area contributed by atoms with Gasteiger partial charge in [-0.1, -0.05) is 11.2 Å². The Hall–Kier alpha value is -3.62. The maximum atomic E-state index is 13.5. The SMILES string of the molecule is COc1cc(-c2noc(CCN(C(=O)c3cccc(F)c3)C(C)C)n2)cc(OC)c1OC. The van der Waals surface area contributed by atoms with Crippen molar-refractivity contribution in [3.05, 3.63) is 53.7 Å². The molecule has 32 heavy (non-hydrogen) atoms. The van der Waals surface area contributed by atoms with Crippen molar-refractivity contribution < 1.29 is 27.9 Å². The second kappa shape index (κ2) is 10.1. The van der Waals surface area contributed by atoms with Crippen molar-refractivity contribution in [2.45, 2.75) is 26.3 Å². The number of methoxy groups -OCH3 is 3. The summed E-state index contributed by atoms with van der Waals surface area (Å²) in [5.74, 6) is 1.42. The van der Waals surface area contributed by atoms with Crippen LogP contribution >= 0.6 is 0 Å². The van der Waals surface area contributed by atoms with Crippen LogP contribution in [0.25, 0.3) is 11.4 Å². The van der Waals surface area contributed by atoms with Gasteiger partial charge in [-0.15, -0.1) is 0 Å². The van der Waals surface area contributed by atoms with Crippen molar-refractivity contribution >= 4 is 5.91 Å². The van der Waals surface area contributed by atoms with E-state index in [0.29, 0.717) is 53.1 Å². The Kier molecular flexibility index (Phi) is 7.29. The molecule has 170 valence electrons. The lowest BCUT2D eigenvalue weighted by Crippen LogP contribution is -2.38. The Labute approximate surface area is 185 Å². The highest BCUT2D eigenvalue weighted by Crippen LogP contribution is 2.40. The highest BCUT2D eigenvalue weighted by Gasteiger charge is 2.21. The van der Waals surface area contributed by atoms with Crippen LogP contribution in [0.3, 0.4) is 0 Å². The molecule has 0 spiro atoms. The lowest BCUT2D eigenvalue weighted by Gasteiger charge is -2.26. The topological polar surface area (TPSA) is 86.9 Å². The van der Waals surface area contributed by atoms with Crippen LogP contribution in [0.2, 0.25) is 0 Å². The molecule has 0 N–H and O–H groups in total. The molecule has 0 saturated heterocycles. The summed E-state index contributed by atoms with van der Waals surface area (Å²) in [5.41, 5.74) is 0.924. The van der Waals surface area contributed by atoms with Gasteiger partial charge in [0.05, 0.1) is 21.3 Å². The summed E-state index contributed by atoms with van der Waals surface area (Å²) in [6.07, 6.45) is 0.344. The number of nitrogens with zero attached hydrogens (tertiary/aromatic N) is 3. The molecule has 0 aliphatic heterocycles. The predicted octanol–water partition coefficient (Wildman–Crippen LogP) is 3.99. The van der Waals surface area contributed by atoms with E-state index in [1.807, 2.05) is 13.8 Å². The molecule has 0 aliphatic rings. The predicted molar refractivity (Wildman–Crippen MR) is 116 cm³/mol. The van der Waals surface area contributed by atoms with E-state index in [1.165, 1.54) is 39.5 Å². The Balaban J connectivity index is 1.78. The number of carbonyl (C=O) groups excluding carboxylic acids is 1. The molecule has 3 rings (SSSR count). The third-order valence-corrected chi connectivity index (χ3v) is 4.91. The molecule has 1 heterocycles. The number of amides is 1. The summed E-state index contributed by atoms with van der Waals surface area (Å²) >= 11 is 0. The number of rotatable bonds is 9. The fourth-order valence-corrected chi connectivity index (χ4v) is 3.28. The number of halogens is 1. The van der Waals surface area contributed by atoms with Gasteiger partial charge in [-0.05, 0) is 44.2 Å². The molecule has 1 amide bonds. The van der Waals surface area contributed by atoms with E-state index in [2.05, 4.69) is 10.1 Å². The van der Waals surface area contributed by atoms with Crippen LogP contribution in [0.5, 0.6) is 17.2 Å². The van der Waals surface area contributed by atoms with Gasteiger partial charge in [-0.3, -0.25) is 4.79 Å². The van der Waals surface area contributed by atoms with Gasteiger partial charge in [0, 0.05) is 30.1 Å². The van der Waals surface area contributed by atoms with Crippen LogP contribution in [0.15, 0.2) is 40.9 Å². The van der Waals surface area contributed by atoms with E-state index in [1.54, 1.807) is 23.1 Å². The molecule has 9 heteroatoms. The molecule has 2 aromatic carbocycles. The normalized spacial score (nSPS) is 10.8. The molecule has 1 aromatic heterocycles. The number of ether oxygens (including phenoxy) is 3. The molecule has 8 nitrogen and oxygen atoms in total. The minimum Gasteiger partial charge on any atom is -0.493 e. The molecular weight excluding hydrogens is 417 g/mol. The highest BCUT2D eigenvalue weighted by molar-refractivity contribution is 5.94. The molecule has 0 atom stereocenters. The Morgan fingerprint density at radius 1 is 1.09 bits per heavy atom. The zero-order valence-corrected chi connectivity index (χ0v) is 18.7. The quantitative estimate of drug-likeness (QED) is 0.494. The smallest absolute Gasteiger partial charge is 0.254 e. The van der Waals surface area contributed by atoms with Gasteiger partial charge >= 0.3 is 0 Å². The van der Waals surface area contributed by atoms with Gasteiger partial charge in [0.2, 0.25) is 17.5 Å². The summed E-state index contributed by atoms with van der Waals surface area (Å²) in [5, 5.41) is 4.04. The largest absolute Gasteiger partial charge is 0.493 e. The van der Waals surface area contributed by atoms with Gasteiger partial charge in [0.15, 0.2) is 11.5 Å². The van der Waals surface area contributed by atoms with Crippen molar-refractivity contribution in [1.82, 2.24) is 15.0 Å². The van der Waals surface area contributed by atoms with Crippen molar-refractivity contribution in [2.75, 3.05) is 27.9 Å². The monoisotopic (exact) mass is 443 g/mol. The van der Waals surface area contributed by atoms with E-state index in [0.717, 1.165) is 0 Å². The van der Waals surface area contributed by atoms with Crippen molar-refractivity contribution in [2.24, 2.45) is 0 Å². The fraction of sp³-hybridized carbons (Fsp3) is 0.348. The van der Waals surface area contributed by atoms with Gasteiger partial charge in [-0.2, -0.15) is 4.98 Å². The summed E-state index contributed by atoms with van der Waals surface area (Å²) in [7, 11) is 4.58. The van der Waals surface area contributed by atoms with Crippen LogP contribution < -0.4 is 14.2 Å². The first kappa shape index (κ1) is 23.1. The van der Waals surface area contributed by atoms with Crippen LogP contribution in [0, 0.1) is 5.82 Å². The van der Waals surface area contributed by atoms with E-state index >= 15 is 0 Å². The third kappa shape index (κ3) is 4.99. The van der Waals surface area contributed by atoms with E-state index in [4.69, 9.17) is 18.7 Å². The summed E-state index contributed by atoms with van der Waals surface area (Å²) in [6.45, 7) is 4.13. The van der Waals surface area contributed by atoms with Crippen LogP contribution in [0.4, 0.5) is 4.39 Å². The Morgan fingerprint density at radius 3 is 2.34 bits per heavy atom. The molecule has 0 unspecified atom stereocenters. The average molecular weight is 443 g/mol. The van der Waals surface area contributed by atoms with Crippen LogP contribution in [-0.2, 0) is 6.42 Å². The second-order valence-electron chi connectivity index (χ2n) is 7.28. The van der Waals surface area contributed by atoms with Gasteiger partial charge in [0.1, 0.15) is 5.82 Å². The number of hydrogen-bond donors (Lipinski definition) is 0. The minimum atomic E-state index is -0.452. The number of benzene rings is 2. The number of carbonyl (C=O) groups is 1. The van der Waals surface area contributed by atoms with E-state index in [-0.39, 0.29) is 11.9 Å². The first-order valence-electron chi connectivity index (χ1n) is 10.1. The minimum absolute atomic E-state index is 0.0942. The zero-order valence-electron chi connectivity index (χ0n) is 18.7. The number of hydrogen-bond acceptors (Lipinski definition) is 7. The van der Waals surface area contributed by atoms with Gasteiger partial charge < -0.3 is 23.6 Å². The van der Waals surface area contributed by atoms with E-state index < -0.39 is 5.82 Å². The lowest BCUT2D eigenvalue weighted by atomic mass is 10.1. The molecule has 0 radical (unpaired) electrons. The molecule has 0 saturated carbocycles. The maximum Gasteiger partial charge on any atom is 0.254 e. The maximum absolute atomic E-state index is 13.5. The van der Waals surface area contributed by atoms with Crippen molar-refractivity contribution in [1.29, 1.82) is 0 Å². The number of aromatic nitrogens is 2. The summed E-state index contributed by atoms with van der Waals surface area (Å²) in [4.78, 5) is 18.9. The summed E-state index contributed by atoms with van der Waals surface area (Å²) in [6, 6.07) is 9.00. The zero-order chi connectivity index (χ0) is 23.3. The van der Waals surface area contributed by atoms with Gasteiger partial charge in [-0.25, -0.2) is 4.39 Å². The average Bonchev–Trinajstić information content (AvgIpc) is 3.26. The van der Waals surface area contributed by atoms with Crippen molar-refractivity contribution in [3.8, 4) is 28.6 Å². The molecule has 0 fully saturated rings. The first-order chi connectivity index (χ1) is 15.4. The fourth-order valence-electron chi connectivity index (χ4n) is 3.28. The third-order valence-electron chi connectivity index (χ3n) is 4.91. The molecule has 0 bridgehead atoms. The van der Waals surface area contributed by atoms with Crippen LogP contribution in [0.1, 0.15) is 30.1 Å². The standard InChI is InChI=1S/C23H26FN3O5/c1-14(2)27(23(28)15-7-6-8-17(24)11-15)10-9-20-25-22(26-32-20)16-12-18(29-3)21(31-5)19(13-16)30-4/h6-8,11-14H,9-10H2,1-5H3. The Bertz CT molecular complexity index is 1060.